The van der Waals surface area contributed by atoms with Gasteiger partial charge in [-0.2, -0.15) is 5.26 Å². The minimum Gasteiger partial charge on any atom is -0.355 e. The van der Waals surface area contributed by atoms with Gasteiger partial charge >= 0.3 is 0 Å². The number of carbonyl (C=O) groups excluding carboxylic acids is 1. The summed E-state index contributed by atoms with van der Waals surface area (Å²) in [6.45, 7) is 3.59. The minimum absolute atomic E-state index is 0.105. The van der Waals surface area contributed by atoms with Crippen molar-refractivity contribution in [3.63, 3.8) is 0 Å². The molecule has 0 aliphatic carbocycles. The van der Waals surface area contributed by atoms with E-state index in [1.54, 1.807) is 12.1 Å². The van der Waals surface area contributed by atoms with Gasteiger partial charge in [-0.15, -0.1) is 0 Å². The molecule has 1 N–H and O–H groups in total. The molecule has 25 heavy (non-hydrogen) atoms. The van der Waals surface area contributed by atoms with E-state index < -0.39 is 0 Å². The standard InChI is InChI=1S/C19H21ClN4O/c1-2-4-19(25)22-15-5-3-8-24(12-15)18-9-13(11-21)16-10-14(20)6-7-17(16)23-18/h6-7,9-10,15H,2-5,8,12H2,1H3,(H,22,25). The second-order valence-electron chi connectivity index (χ2n) is 6.40. The monoisotopic (exact) mass is 356 g/mol. The number of hydrogen-bond donors (Lipinski definition) is 1. The van der Waals surface area contributed by atoms with Crippen molar-refractivity contribution in [2.75, 3.05) is 18.0 Å². The molecule has 0 saturated carbocycles. The van der Waals surface area contributed by atoms with Crippen LogP contribution in [0.25, 0.3) is 10.9 Å². The summed E-state index contributed by atoms with van der Waals surface area (Å²) < 4.78 is 0. The third kappa shape index (κ3) is 4.02. The number of nitrogens with one attached hydrogen (secondary N) is 1. The topological polar surface area (TPSA) is 69.0 Å². The third-order valence-electron chi connectivity index (χ3n) is 4.47. The quantitative estimate of drug-likeness (QED) is 0.907. The van der Waals surface area contributed by atoms with Gasteiger partial charge in [0.2, 0.25) is 5.91 Å². The first-order valence-corrected chi connectivity index (χ1v) is 9.03. The average Bonchev–Trinajstić information content (AvgIpc) is 2.61. The molecule has 1 aliphatic rings. The first kappa shape index (κ1) is 17.5. The summed E-state index contributed by atoms with van der Waals surface area (Å²) in [5.41, 5.74) is 1.33. The number of piperidine rings is 1. The predicted octanol–water partition coefficient (Wildman–Crippen LogP) is 3.64. The minimum atomic E-state index is 0.105. The lowest BCUT2D eigenvalue weighted by Crippen LogP contribution is -2.48. The predicted molar refractivity (Wildman–Crippen MR) is 99.8 cm³/mol. The van der Waals surface area contributed by atoms with E-state index in [-0.39, 0.29) is 11.9 Å². The third-order valence-corrected chi connectivity index (χ3v) is 4.70. The van der Waals surface area contributed by atoms with E-state index in [9.17, 15) is 10.1 Å². The Labute approximate surface area is 152 Å². The summed E-state index contributed by atoms with van der Waals surface area (Å²) in [6, 6.07) is 9.58. The van der Waals surface area contributed by atoms with Gasteiger partial charge in [0, 0.05) is 36.0 Å². The van der Waals surface area contributed by atoms with E-state index in [2.05, 4.69) is 16.3 Å². The Morgan fingerprint density at radius 3 is 3.08 bits per heavy atom. The highest BCUT2D eigenvalue weighted by molar-refractivity contribution is 6.31. The molecule has 3 rings (SSSR count). The van der Waals surface area contributed by atoms with Crippen LogP contribution in [-0.4, -0.2) is 30.0 Å². The van der Waals surface area contributed by atoms with Crippen molar-refractivity contribution in [2.24, 2.45) is 0 Å². The summed E-state index contributed by atoms with van der Waals surface area (Å²) in [6.07, 6.45) is 3.37. The number of nitrogens with zero attached hydrogens (tertiary/aromatic N) is 3. The second kappa shape index (κ2) is 7.71. The SMILES string of the molecule is CCCC(=O)NC1CCCN(c2cc(C#N)c3cc(Cl)ccc3n2)C1. The van der Waals surface area contributed by atoms with E-state index in [0.29, 0.717) is 23.6 Å². The average molecular weight is 357 g/mol. The Hall–Kier alpha value is -2.32. The van der Waals surface area contributed by atoms with Gasteiger partial charge in [-0.05, 0) is 43.5 Å². The summed E-state index contributed by atoms with van der Waals surface area (Å²) in [4.78, 5) is 18.7. The normalized spacial score (nSPS) is 17.3. The van der Waals surface area contributed by atoms with E-state index >= 15 is 0 Å². The van der Waals surface area contributed by atoms with Crippen LogP contribution >= 0.6 is 11.6 Å². The Morgan fingerprint density at radius 2 is 2.32 bits per heavy atom. The van der Waals surface area contributed by atoms with Crippen LogP contribution in [0, 0.1) is 11.3 Å². The number of nitriles is 1. The van der Waals surface area contributed by atoms with E-state index in [1.807, 2.05) is 19.1 Å². The van der Waals surface area contributed by atoms with Crippen molar-refractivity contribution >= 4 is 34.2 Å². The number of amides is 1. The molecule has 1 aliphatic heterocycles. The Balaban J connectivity index is 1.84. The number of hydrogen-bond acceptors (Lipinski definition) is 4. The van der Waals surface area contributed by atoms with E-state index in [0.717, 1.165) is 42.5 Å². The largest absolute Gasteiger partial charge is 0.355 e. The van der Waals surface area contributed by atoms with Gasteiger partial charge < -0.3 is 10.2 Å². The van der Waals surface area contributed by atoms with Gasteiger partial charge in [0.1, 0.15) is 5.82 Å². The first-order chi connectivity index (χ1) is 12.1. The van der Waals surface area contributed by atoms with E-state index in [4.69, 9.17) is 16.6 Å². The zero-order valence-corrected chi connectivity index (χ0v) is 15.0. The smallest absolute Gasteiger partial charge is 0.220 e. The van der Waals surface area contributed by atoms with Crippen LogP contribution in [0.3, 0.4) is 0 Å². The molecule has 2 aromatic rings. The molecule has 130 valence electrons. The molecular weight excluding hydrogens is 336 g/mol. The highest BCUT2D eigenvalue weighted by atomic mass is 35.5. The van der Waals surface area contributed by atoms with Gasteiger partial charge in [-0.1, -0.05) is 18.5 Å². The van der Waals surface area contributed by atoms with Crippen LogP contribution in [0.2, 0.25) is 5.02 Å². The van der Waals surface area contributed by atoms with Gasteiger partial charge in [-0.3, -0.25) is 4.79 Å². The fourth-order valence-electron chi connectivity index (χ4n) is 3.27. The molecule has 1 fully saturated rings. The fraction of sp³-hybridized carbons (Fsp3) is 0.421. The summed E-state index contributed by atoms with van der Waals surface area (Å²) in [5.74, 6) is 0.883. The number of rotatable bonds is 4. The highest BCUT2D eigenvalue weighted by Gasteiger charge is 2.23. The van der Waals surface area contributed by atoms with Crippen LogP contribution in [0.4, 0.5) is 5.82 Å². The maximum Gasteiger partial charge on any atom is 0.220 e. The molecule has 0 radical (unpaired) electrons. The first-order valence-electron chi connectivity index (χ1n) is 8.65. The van der Waals surface area contributed by atoms with Crippen molar-refractivity contribution in [3.8, 4) is 6.07 Å². The van der Waals surface area contributed by atoms with Crippen molar-refractivity contribution in [1.29, 1.82) is 5.26 Å². The van der Waals surface area contributed by atoms with Crippen molar-refractivity contribution in [1.82, 2.24) is 10.3 Å². The number of carbonyl (C=O) groups is 1. The van der Waals surface area contributed by atoms with E-state index in [1.165, 1.54) is 0 Å². The van der Waals surface area contributed by atoms with Gasteiger partial charge in [0.15, 0.2) is 0 Å². The van der Waals surface area contributed by atoms with Crippen LogP contribution in [-0.2, 0) is 4.79 Å². The lowest BCUT2D eigenvalue weighted by Gasteiger charge is -2.34. The molecule has 1 saturated heterocycles. The van der Waals surface area contributed by atoms with Gasteiger partial charge in [-0.25, -0.2) is 4.98 Å². The van der Waals surface area contributed by atoms with Crippen LogP contribution in [0.1, 0.15) is 38.2 Å². The lowest BCUT2D eigenvalue weighted by atomic mass is 10.0. The Morgan fingerprint density at radius 1 is 1.48 bits per heavy atom. The van der Waals surface area contributed by atoms with Gasteiger partial charge in [0.25, 0.3) is 0 Å². The molecule has 1 amide bonds. The summed E-state index contributed by atoms with van der Waals surface area (Å²) in [5, 5.41) is 13.9. The molecule has 1 atom stereocenters. The maximum atomic E-state index is 11.9. The number of fused-ring (bicyclic) bond motifs is 1. The number of benzene rings is 1. The summed E-state index contributed by atoms with van der Waals surface area (Å²) in [7, 11) is 0. The molecule has 1 aromatic heterocycles. The van der Waals surface area contributed by atoms with Gasteiger partial charge in [0.05, 0.1) is 17.1 Å². The number of halogens is 1. The number of aromatic nitrogens is 1. The van der Waals surface area contributed by atoms with Crippen molar-refractivity contribution in [3.05, 3.63) is 34.9 Å². The second-order valence-corrected chi connectivity index (χ2v) is 6.84. The van der Waals surface area contributed by atoms with Crippen LogP contribution < -0.4 is 10.2 Å². The zero-order valence-electron chi connectivity index (χ0n) is 14.3. The molecule has 1 unspecified atom stereocenters. The fourth-order valence-corrected chi connectivity index (χ4v) is 3.44. The number of anilines is 1. The number of pyridine rings is 1. The van der Waals surface area contributed by atoms with Crippen molar-refractivity contribution in [2.45, 2.75) is 38.6 Å². The molecule has 6 heteroatoms. The molecule has 5 nitrogen and oxygen atoms in total. The Bertz CT molecular complexity index is 830. The molecule has 0 spiro atoms. The van der Waals surface area contributed by atoms with Crippen LogP contribution in [0.15, 0.2) is 24.3 Å². The molecule has 0 bridgehead atoms. The molecular formula is C19H21ClN4O. The molecule has 1 aromatic carbocycles. The zero-order chi connectivity index (χ0) is 17.8. The van der Waals surface area contributed by atoms with Crippen molar-refractivity contribution < 1.29 is 4.79 Å². The van der Waals surface area contributed by atoms with Crippen LogP contribution in [0.5, 0.6) is 0 Å². The summed E-state index contributed by atoms with van der Waals surface area (Å²) >= 11 is 6.04. The maximum absolute atomic E-state index is 11.9. The Kier molecular flexibility index (Phi) is 5.40. The highest BCUT2D eigenvalue weighted by Crippen LogP contribution is 2.27. The lowest BCUT2D eigenvalue weighted by molar-refractivity contribution is -0.121. The molecule has 2 heterocycles.